The minimum absolute atomic E-state index is 0.0267. The molecule has 0 spiro atoms. The topological polar surface area (TPSA) is 154 Å². The van der Waals surface area contributed by atoms with E-state index >= 15 is 0 Å². The molecule has 0 aromatic heterocycles. The number of Topliss-reactive ketones (excluding diaryl/α,β-unsaturated/α-hetero) is 1. The lowest BCUT2D eigenvalue weighted by atomic mass is 9.95. The van der Waals surface area contributed by atoms with Gasteiger partial charge in [0.05, 0.1) is 6.04 Å². The molecule has 44 heavy (non-hydrogen) atoms. The van der Waals surface area contributed by atoms with Gasteiger partial charge in [-0.1, -0.05) is 13.8 Å². The maximum Gasteiger partial charge on any atom is 0.312 e. The third-order valence-corrected chi connectivity index (χ3v) is 7.35. The molecule has 12 nitrogen and oxygen atoms in total. The van der Waals surface area contributed by atoms with E-state index in [0.29, 0.717) is 13.0 Å². The lowest BCUT2D eigenvalue weighted by molar-refractivity contribution is -0.149. The van der Waals surface area contributed by atoms with Crippen LogP contribution in [0.2, 0.25) is 0 Å². The fourth-order valence-corrected chi connectivity index (χ4v) is 4.91. The van der Waals surface area contributed by atoms with Crippen molar-refractivity contribution in [2.75, 3.05) is 39.3 Å². The molecule has 3 N–H and O–H groups in total. The molecular formula is C28H35F4N5O7. The number of ketones is 1. The Labute approximate surface area is 250 Å². The summed E-state index contributed by atoms with van der Waals surface area (Å²) in [6.45, 7) is 4.77. The summed E-state index contributed by atoms with van der Waals surface area (Å²) in [7, 11) is 0. The van der Waals surface area contributed by atoms with Gasteiger partial charge in [-0.15, -0.1) is 0 Å². The number of hydrogen-bond donors (Lipinski definition) is 3. The van der Waals surface area contributed by atoms with E-state index in [9.17, 15) is 46.3 Å². The lowest BCUT2D eigenvalue weighted by Crippen LogP contribution is -2.57. The summed E-state index contributed by atoms with van der Waals surface area (Å²) >= 11 is 0. The SMILES string of the molecule is CC(=O)N1CCN(C(=O)C(=O)N[C@@H](CC(C)C)C(=O)N[C@@H](C[C@@H]2CCNC2=O)C(=O)COc2c(F)c(F)cc(F)c2F)CC1. The molecule has 0 bridgehead atoms. The number of nitrogens with zero attached hydrogens (tertiary/aromatic N) is 2. The highest BCUT2D eigenvalue weighted by atomic mass is 19.2. The lowest BCUT2D eigenvalue weighted by Gasteiger charge is -2.34. The molecule has 242 valence electrons. The average molecular weight is 630 g/mol. The van der Waals surface area contributed by atoms with Crippen LogP contribution in [0.3, 0.4) is 0 Å². The van der Waals surface area contributed by atoms with Crippen LogP contribution in [0.1, 0.15) is 40.0 Å². The van der Waals surface area contributed by atoms with Gasteiger partial charge >= 0.3 is 11.8 Å². The number of ether oxygens (including phenoxy) is 1. The standard InChI is InChI=1S/C28H35F4N5O7/c1-14(2)10-20(35-27(42)28(43)37-8-6-36(7-9-37)15(3)38)26(41)34-19(11-16-4-5-33-25(16)40)21(39)13-44-24-22(31)17(29)12-18(30)23(24)32/h12,14,16,19-20H,4-11,13H2,1-3H3,(H,33,40)(H,34,41)(H,35,42)/t16-,19-,20-/m0/s1. The number of hydrogen-bond acceptors (Lipinski definition) is 7. The number of halogens is 4. The normalized spacial score (nSPS) is 18.0. The Hall–Kier alpha value is -4.24. The van der Waals surface area contributed by atoms with E-state index in [1.165, 1.54) is 16.7 Å². The monoisotopic (exact) mass is 629 g/mol. The van der Waals surface area contributed by atoms with Crippen LogP contribution in [0.25, 0.3) is 0 Å². The zero-order valence-corrected chi connectivity index (χ0v) is 24.5. The molecule has 2 heterocycles. The maximum absolute atomic E-state index is 14.1. The molecule has 3 rings (SSSR count). The van der Waals surface area contributed by atoms with E-state index in [-0.39, 0.29) is 56.9 Å². The van der Waals surface area contributed by atoms with Gasteiger partial charge in [0.2, 0.25) is 29.4 Å². The van der Waals surface area contributed by atoms with Gasteiger partial charge in [-0.2, -0.15) is 8.78 Å². The zero-order valence-electron chi connectivity index (χ0n) is 24.5. The number of amides is 5. The molecule has 2 aliphatic heterocycles. The van der Waals surface area contributed by atoms with Crippen molar-refractivity contribution in [3.8, 4) is 5.75 Å². The van der Waals surface area contributed by atoms with Crippen LogP contribution in [-0.4, -0.2) is 96.5 Å². The quantitative estimate of drug-likeness (QED) is 0.182. The third kappa shape index (κ3) is 8.66. The molecule has 0 unspecified atom stereocenters. The van der Waals surface area contributed by atoms with E-state index in [2.05, 4.69) is 16.0 Å². The molecule has 2 fully saturated rings. The first kappa shape index (κ1) is 34.3. The first-order valence-corrected chi connectivity index (χ1v) is 14.1. The molecule has 1 aromatic carbocycles. The van der Waals surface area contributed by atoms with Crippen molar-refractivity contribution in [3.05, 3.63) is 29.3 Å². The Morgan fingerprint density at radius 1 is 0.955 bits per heavy atom. The second kappa shape index (κ2) is 15.0. The van der Waals surface area contributed by atoms with Gasteiger partial charge in [0.25, 0.3) is 0 Å². The summed E-state index contributed by atoms with van der Waals surface area (Å²) in [5.74, 6) is -14.0. The van der Waals surface area contributed by atoms with Crippen molar-refractivity contribution in [1.29, 1.82) is 0 Å². The van der Waals surface area contributed by atoms with Crippen LogP contribution < -0.4 is 20.7 Å². The summed E-state index contributed by atoms with van der Waals surface area (Å²) in [6.07, 6.45) is 0.114. The number of benzene rings is 1. The Morgan fingerprint density at radius 2 is 1.55 bits per heavy atom. The predicted molar refractivity (Wildman–Crippen MR) is 145 cm³/mol. The number of piperazine rings is 1. The van der Waals surface area contributed by atoms with Crippen LogP contribution in [0, 0.1) is 35.1 Å². The van der Waals surface area contributed by atoms with Gasteiger partial charge in [-0.05, 0) is 25.2 Å². The smallest absolute Gasteiger partial charge is 0.312 e. The Balaban J connectivity index is 1.73. The molecule has 5 amide bonds. The first-order chi connectivity index (χ1) is 20.7. The highest BCUT2D eigenvalue weighted by molar-refractivity contribution is 6.35. The highest BCUT2D eigenvalue weighted by Crippen LogP contribution is 2.27. The van der Waals surface area contributed by atoms with E-state index in [1.54, 1.807) is 13.8 Å². The van der Waals surface area contributed by atoms with Crippen LogP contribution in [0.15, 0.2) is 6.07 Å². The summed E-state index contributed by atoms with van der Waals surface area (Å²) in [5, 5.41) is 7.40. The van der Waals surface area contributed by atoms with Crippen molar-refractivity contribution in [2.45, 2.75) is 52.1 Å². The second-order valence-corrected chi connectivity index (χ2v) is 11.1. The van der Waals surface area contributed by atoms with Crippen LogP contribution >= 0.6 is 0 Å². The predicted octanol–water partition coefficient (Wildman–Crippen LogP) is 0.424. The van der Waals surface area contributed by atoms with Gasteiger partial charge in [-0.25, -0.2) is 8.78 Å². The fourth-order valence-electron chi connectivity index (χ4n) is 4.91. The van der Waals surface area contributed by atoms with Gasteiger partial charge < -0.3 is 30.5 Å². The number of carbonyl (C=O) groups is 6. The minimum Gasteiger partial charge on any atom is -0.479 e. The first-order valence-electron chi connectivity index (χ1n) is 14.1. The van der Waals surface area contributed by atoms with E-state index < -0.39 is 83.0 Å². The summed E-state index contributed by atoms with van der Waals surface area (Å²) < 4.78 is 60.1. The molecule has 2 saturated heterocycles. The molecule has 16 heteroatoms. The van der Waals surface area contributed by atoms with Gasteiger partial charge in [0, 0.05) is 51.6 Å². The molecule has 2 aliphatic rings. The van der Waals surface area contributed by atoms with Gasteiger partial charge in [-0.3, -0.25) is 28.8 Å². The minimum atomic E-state index is -1.86. The Bertz CT molecular complexity index is 1280. The van der Waals surface area contributed by atoms with Gasteiger partial charge in [0.1, 0.15) is 12.6 Å². The molecule has 0 radical (unpaired) electrons. The van der Waals surface area contributed by atoms with Crippen LogP contribution in [0.4, 0.5) is 17.6 Å². The van der Waals surface area contributed by atoms with E-state index in [1.807, 2.05) is 0 Å². The van der Waals surface area contributed by atoms with Crippen molar-refractivity contribution in [2.24, 2.45) is 11.8 Å². The van der Waals surface area contributed by atoms with E-state index in [4.69, 9.17) is 4.74 Å². The molecular weight excluding hydrogens is 594 g/mol. The van der Waals surface area contributed by atoms with Crippen LogP contribution in [0.5, 0.6) is 5.75 Å². The van der Waals surface area contributed by atoms with E-state index in [0.717, 1.165) is 0 Å². The zero-order chi connectivity index (χ0) is 32.7. The fraction of sp³-hybridized carbons (Fsp3) is 0.571. The van der Waals surface area contributed by atoms with Crippen LogP contribution in [-0.2, 0) is 28.8 Å². The second-order valence-electron chi connectivity index (χ2n) is 11.1. The Morgan fingerprint density at radius 3 is 2.07 bits per heavy atom. The molecule has 1 aromatic rings. The number of carbonyl (C=O) groups excluding carboxylic acids is 6. The largest absolute Gasteiger partial charge is 0.479 e. The van der Waals surface area contributed by atoms with Gasteiger partial charge in [0.15, 0.2) is 23.2 Å². The van der Waals surface area contributed by atoms with Crippen molar-refractivity contribution < 1.29 is 51.1 Å². The maximum atomic E-state index is 14.1. The number of nitrogens with one attached hydrogen (secondary N) is 3. The molecule has 3 atom stereocenters. The third-order valence-electron chi connectivity index (χ3n) is 7.35. The molecule has 0 aliphatic carbocycles. The summed E-state index contributed by atoms with van der Waals surface area (Å²) in [6, 6.07) is -2.80. The summed E-state index contributed by atoms with van der Waals surface area (Å²) in [5.41, 5.74) is 0. The Kier molecular flexibility index (Phi) is 11.7. The van der Waals surface area contributed by atoms with Crippen molar-refractivity contribution in [1.82, 2.24) is 25.8 Å². The summed E-state index contributed by atoms with van der Waals surface area (Å²) in [4.78, 5) is 78.6. The average Bonchev–Trinajstić information content (AvgIpc) is 3.38. The number of rotatable bonds is 11. The van der Waals surface area contributed by atoms with Crippen molar-refractivity contribution in [3.63, 3.8) is 0 Å². The highest BCUT2D eigenvalue weighted by Gasteiger charge is 2.35. The van der Waals surface area contributed by atoms with Crippen molar-refractivity contribution >= 4 is 35.3 Å². The molecule has 0 saturated carbocycles.